The molecule has 0 aromatic carbocycles. The molecule has 0 heterocycles. The van der Waals surface area contributed by atoms with E-state index in [1.807, 2.05) is 13.0 Å². The molecular weight excluding hydrogens is 151 g/mol. The minimum atomic E-state index is -1.04. The van der Waals surface area contributed by atoms with Gasteiger partial charge in [-0.25, -0.2) is 4.39 Å². The maximum atomic E-state index is 12.8. The summed E-state index contributed by atoms with van der Waals surface area (Å²) >= 11 is 0.549. The highest BCUT2D eigenvalue weighted by Gasteiger charge is 2.18. The van der Waals surface area contributed by atoms with Crippen LogP contribution in [0.3, 0.4) is 0 Å². The third-order valence-electron chi connectivity index (χ3n) is 1.41. The van der Waals surface area contributed by atoms with E-state index in [-0.39, 0.29) is 0 Å². The first-order valence-corrected chi connectivity index (χ1v) is 3.88. The Balaban J connectivity index is 2.64. The molecule has 10 heavy (non-hydrogen) atoms. The standard InChI is InChI=1S/C7H9FOS/c1-5-2-3-7(10-9)6(8)4-5/h2-4,6-7,9H,1H3. The summed E-state index contributed by atoms with van der Waals surface area (Å²) < 4.78 is 21.3. The van der Waals surface area contributed by atoms with E-state index in [1.165, 1.54) is 6.08 Å². The van der Waals surface area contributed by atoms with Crippen LogP contribution in [0.5, 0.6) is 0 Å². The van der Waals surface area contributed by atoms with Crippen LogP contribution in [-0.2, 0) is 0 Å². The van der Waals surface area contributed by atoms with Gasteiger partial charge in [0.15, 0.2) is 0 Å². The van der Waals surface area contributed by atoms with Gasteiger partial charge in [-0.15, -0.1) is 0 Å². The van der Waals surface area contributed by atoms with E-state index in [9.17, 15) is 4.39 Å². The zero-order chi connectivity index (χ0) is 7.56. The van der Waals surface area contributed by atoms with Crippen molar-refractivity contribution in [3.8, 4) is 0 Å². The first kappa shape index (κ1) is 7.82. The summed E-state index contributed by atoms with van der Waals surface area (Å²) in [6.07, 6.45) is 3.95. The molecule has 0 fully saturated rings. The molecule has 0 aromatic heterocycles. The molecule has 1 rings (SSSR count). The third-order valence-corrected chi connectivity index (χ3v) is 2.07. The monoisotopic (exact) mass is 160 g/mol. The molecule has 1 nitrogen and oxygen atoms in total. The molecule has 1 aliphatic carbocycles. The summed E-state index contributed by atoms with van der Waals surface area (Å²) in [6.45, 7) is 1.83. The van der Waals surface area contributed by atoms with E-state index in [0.29, 0.717) is 12.0 Å². The molecule has 0 saturated heterocycles. The van der Waals surface area contributed by atoms with Gasteiger partial charge in [0.1, 0.15) is 6.17 Å². The maximum absolute atomic E-state index is 12.8. The van der Waals surface area contributed by atoms with E-state index in [2.05, 4.69) is 0 Å². The van der Waals surface area contributed by atoms with Gasteiger partial charge >= 0.3 is 0 Å². The van der Waals surface area contributed by atoms with Crippen molar-refractivity contribution in [3.05, 3.63) is 23.8 Å². The summed E-state index contributed by atoms with van der Waals surface area (Å²) in [5.41, 5.74) is 0.915. The van der Waals surface area contributed by atoms with E-state index >= 15 is 0 Å². The lowest BCUT2D eigenvalue weighted by Crippen LogP contribution is -2.16. The number of hydrogen-bond acceptors (Lipinski definition) is 2. The quantitative estimate of drug-likeness (QED) is 0.594. The van der Waals surface area contributed by atoms with Crippen LogP contribution < -0.4 is 0 Å². The number of halogens is 1. The van der Waals surface area contributed by atoms with Crippen LogP contribution in [0, 0.1) is 0 Å². The molecule has 56 valence electrons. The van der Waals surface area contributed by atoms with Gasteiger partial charge in [0.2, 0.25) is 0 Å². The van der Waals surface area contributed by atoms with Crippen LogP contribution in [0.25, 0.3) is 0 Å². The Morgan fingerprint density at radius 1 is 1.70 bits per heavy atom. The summed E-state index contributed by atoms with van der Waals surface area (Å²) in [5, 5.41) is -0.413. The van der Waals surface area contributed by atoms with Crippen molar-refractivity contribution in [2.45, 2.75) is 18.3 Å². The fraction of sp³-hybridized carbons (Fsp3) is 0.429. The van der Waals surface area contributed by atoms with Gasteiger partial charge < -0.3 is 4.55 Å². The molecule has 0 aliphatic heterocycles. The normalized spacial score (nSPS) is 32.1. The van der Waals surface area contributed by atoms with E-state index in [0.717, 1.165) is 5.57 Å². The molecule has 3 heteroatoms. The van der Waals surface area contributed by atoms with E-state index in [4.69, 9.17) is 4.55 Å². The lowest BCUT2D eigenvalue weighted by molar-refractivity contribution is 0.402. The maximum Gasteiger partial charge on any atom is 0.136 e. The fourth-order valence-electron chi connectivity index (χ4n) is 0.848. The highest BCUT2D eigenvalue weighted by atomic mass is 32.2. The molecule has 1 N–H and O–H groups in total. The second-order valence-corrected chi connectivity index (χ2v) is 3.04. The second kappa shape index (κ2) is 3.21. The Kier molecular flexibility index (Phi) is 2.51. The van der Waals surface area contributed by atoms with Gasteiger partial charge in [0, 0.05) is 0 Å². The fourth-order valence-corrected chi connectivity index (χ4v) is 1.19. The average molecular weight is 160 g/mol. The van der Waals surface area contributed by atoms with Crippen molar-refractivity contribution in [2.24, 2.45) is 0 Å². The second-order valence-electron chi connectivity index (χ2n) is 2.28. The highest BCUT2D eigenvalue weighted by Crippen LogP contribution is 2.22. The van der Waals surface area contributed by atoms with Crippen molar-refractivity contribution in [1.82, 2.24) is 0 Å². The molecule has 0 bridgehead atoms. The third kappa shape index (κ3) is 1.61. The zero-order valence-electron chi connectivity index (χ0n) is 5.62. The largest absolute Gasteiger partial charge is 0.329 e. The first-order valence-electron chi connectivity index (χ1n) is 3.05. The lowest BCUT2D eigenvalue weighted by Gasteiger charge is -2.14. The minimum absolute atomic E-state index is 0.413. The molecule has 0 amide bonds. The van der Waals surface area contributed by atoms with Crippen LogP contribution >= 0.6 is 12.0 Å². The van der Waals surface area contributed by atoms with Gasteiger partial charge in [-0.1, -0.05) is 17.7 Å². The Hall–Kier alpha value is -0.280. The topological polar surface area (TPSA) is 20.2 Å². The summed E-state index contributed by atoms with van der Waals surface area (Å²) in [4.78, 5) is 0. The van der Waals surface area contributed by atoms with Crippen LogP contribution in [-0.4, -0.2) is 16.0 Å². The van der Waals surface area contributed by atoms with Crippen LogP contribution in [0.1, 0.15) is 6.92 Å². The molecule has 0 spiro atoms. The predicted octanol–water partition coefficient (Wildman–Crippen LogP) is 2.42. The van der Waals surface area contributed by atoms with Crippen molar-refractivity contribution in [3.63, 3.8) is 0 Å². The van der Waals surface area contributed by atoms with Gasteiger partial charge in [0.25, 0.3) is 0 Å². The van der Waals surface area contributed by atoms with E-state index in [1.54, 1.807) is 6.08 Å². The van der Waals surface area contributed by atoms with Crippen molar-refractivity contribution >= 4 is 12.0 Å². The van der Waals surface area contributed by atoms with Crippen molar-refractivity contribution in [2.75, 3.05) is 0 Å². The molecule has 1 aliphatic rings. The van der Waals surface area contributed by atoms with Crippen LogP contribution in [0.4, 0.5) is 4.39 Å². The Labute approximate surface area is 63.8 Å². The van der Waals surface area contributed by atoms with E-state index < -0.39 is 11.4 Å². The van der Waals surface area contributed by atoms with Gasteiger partial charge in [-0.3, -0.25) is 0 Å². The predicted molar refractivity (Wildman–Crippen MR) is 41.8 cm³/mol. The first-order chi connectivity index (χ1) is 4.74. The van der Waals surface area contributed by atoms with Crippen LogP contribution in [0.2, 0.25) is 0 Å². The molecule has 2 atom stereocenters. The Bertz CT molecular complexity index is 176. The summed E-state index contributed by atoms with van der Waals surface area (Å²) in [6, 6.07) is 0. The number of rotatable bonds is 1. The molecule has 0 saturated carbocycles. The SMILES string of the molecule is CC1=CC(F)C(SO)C=C1. The van der Waals surface area contributed by atoms with Gasteiger partial charge in [0.05, 0.1) is 5.25 Å². The molecule has 2 unspecified atom stereocenters. The Morgan fingerprint density at radius 2 is 2.40 bits per heavy atom. The molecule has 0 aromatic rings. The van der Waals surface area contributed by atoms with Crippen molar-refractivity contribution < 1.29 is 8.94 Å². The Morgan fingerprint density at radius 3 is 2.90 bits per heavy atom. The zero-order valence-corrected chi connectivity index (χ0v) is 6.44. The number of alkyl halides is 1. The average Bonchev–Trinajstić information content (AvgIpc) is 1.88. The molecule has 0 radical (unpaired) electrons. The summed E-state index contributed by atoms with van der Waals surface area (Å²) in [5.74, 6) is 0. The molecular formula is C7H9FOS. The van der Waals surface area contributed by atoms with Gasteiger partial charge in [-0.05, 0) is 25.0 Å². The smallest absolute Gasteiger partial charge is 0.136 e. The highest BCUT2D eigenvalue weighted by molar-refractivity contribution is 7.94. The van der Waals surface area contributed by atoms with Crippen LogP contribution in [0.15, 0.2) is 23.8 Å². The number of hydrogen-bond donors (Lipinski definition) is 1. The number of allylic oxidation sites excluding steroid dienone is 3. The lowest BCUT2D eigenvalue weighted by atomic mass is 10.1. The minimum Gasteiger partial charge on any atom is -0.329 e. The van der Waals surface area contributed by atoms with Crippen molar-refractivity contribution in [1.29, 1.82) is 0 Å². The summed E-state index contributed by atoms with van der Waals surface area (Å²) in [7, 11) is 0. The van der Waals surface area contributed by atoms with Gasteiger partial charge in [-0.2, -0.15) is 0 Å².